The van der Waals surface area contributed by atoms with Crippen LogP contribution in [-0.4, -0.2) is 34.5 Å². The molecule has 1 saturated heterocycles. The fourth-order valence-electron chi connectivity index (χ4n) is 3.05. The Bertz CT molecular complexity index is 983. The number of pyridine rings is 1. The maximum atomic E-state index is 13.9. The summed E-state index contributed by atoms with van der Waals surface area (Å²) in [6.07, 6.45) is 0. The number of nitriles is 2. The Morgan fingerprint density at radius 3 is 2.58 bits per heavy atom. The third kappa shape index (κ3) is 3.43. The van der Waals surface area contributed by atoms with Crippen LogP contribution in [0, 0.1) is 28.5 Å². The highest BCUT2D eigenvalue weighted by Crippen LogP contribution is 2.32. The van der Waals surface area contributed by atoms with E-state index in [0.717, 1.165) is 24.6 Å². The molecule has 8 heteroatoms. The van der Waals surface area contributed by atoms with Gasteiger partial charge >= 0.3 is 0 Å². The number of hydrogen-bond donors (Lipinski definition) is 2. The number of nitrogens with one attached hydrogen (secondary N) is 1. The van der Waals surface area contributed by atoms with E-state index < -0.39 is 11.4 Å². The first-order valence-corrected chi connectivity index (χ1v) is 9.15. The van der Waals surface area contributed by atoms with Crippen LogP contribution in [0.15, 0.2) is 23.0 Å². The highest BCUT2D eigenvalue weighted by atomic mass is 32.2. The number of halogens is 1. The van der Waals surface area contributed by atoms with Gasteiger partial charge in [-0.2, -0.15) is 22.3 Å². The van der Waals surface area contributed by atoms with E-state index in [1.165, 1.54) is 18.2 Å². The quantitative estimate of drug-likeness (QED) is 0.857. The van der Waals surface area contributed by atoms with Crippen molar-refractivity contribution in [2.75, 3.05) is 30.3 Å². The molecule has 0 atom stereocenters. The third-order valence-corrected chi connectivity index (χ3v) is 5.24. The molecule has 1 aliphatic heterocycles. The number of benzene rings is 1. The van der Waals surface area contributed by atoms with Crippen molar-refractivity contribution in [1.82, 2.24) is 9.88 Å². The topological polar surface area (TPSA) is 110 Å². The van der Waals surface area contributed by atoms with Gasteiger partial charge in [-0.3, -0.25) is 9.69 Å². The number of anilines is 1. The molecule has 0 amide bonds. The summed E-state index contributed by atoms with van der Waals surface area (Å²) in [7, 11) is 0. The Balaban J connectivity index is 2.20. The lowest BCUT2D eigenvalue weighted by Crippen LogP contribution is -2.32. The smallest absolute Gasteiger partial charge is 0.268 e. The number of nitrogens with zero attached hydrogens (tertiary/aromatic N) is 3. The van der Waals surface area contributed by atoms with Gasteiger partial charge in [-0.15, -0.1) is 0 Å². The van der Waals surface area contributed by atoms with Gasteiger partial charge in [-0.25, -0.2) is 4.39 Å². The van der Waals surface area contributed by atoms with E-state index in [1.807, 2.05) is 23.9 Å². The van der Waals surface area contributed by atoms with E-state index in [9.17, 15) is 19.7 Å². The molecular weight excluding hydrogens is 353 g/mol. The summed E-state index contributed by atoms with van der Waals surface area (Å²) in [6, 6.07) is 7.94. The number of hydrogen-bond acceptors (Lipinski definition) is 6. The summed E-state index contributed by atoms with van der Waals surface area (Å²) in [6.45, 7) is 2.21. The van der Waals surface area contributed by atoms with Crippen molar-refractivity contribution in [1.29, 1.82) is 10.5 Å². The summed E-state index contributed by atoms with van der Waals surface area (Å²) >= 11 is 1.87. The Morgan fingerprint density at radius 1 is 1.23 bits per heavy atom. The molecule has 3 rings (SSSR count). The lowest BCUT2D eigenvalue weighted by molar-refractivity contribution is 0.294. The van der Waals surface area contributed by atoms with E-state index in [2.05, 4.69) is 9.88 Å². The lowest BCUT2D eigenvalue weighted by atomic mass is 9.92. The number of aromatic amines is 1. The van der Waals surface area contributed by atoms with Crippen molar-refractivity contribution in [3.63, 3.8) is 0 Å². The third-order valence-electron chi connectivity index (χ3n) is 4.30. The monoisotopic (exact) mass is 369 g/mol. The zero-order valence-electron chi connectivity index (χ0n) is 13.9. The van der Waals surface area contributed by atoms with Crippen LogP contribution in [0.4, 0.5) is 10.2 Å². The maximum absolute atomic E-state index is 13.9. The molecule has 0 bridgehead atoms. The number of rotatable bonds is 3. The Labute approximate surface area is 154 Å². The molecule has 1 aliphatic rings. The first-order valence-electron chi connectivity index (χ1n) is 8.00. The molecule has 132 valence electrons. The van der Waals surface area contributed by atoms with Crippen LogP contribution >= 0.6 is 11.8 Å². The number of nitrogens with two attached hydrogens (primary N) is 1. The van der Waals surface area contributed by atoms with Crippen LogP contribution in [-0.2, 0) is 6.54 Å². The molecule has 1 aromatic heterocycles. The minimum atomic E-state index is -0.663. The summed E-state index contributed by atoms with van der Waals surface area (Å²) in [5, 5.41) is 18.9. The van der Waals surface area contributed by atoms with Crippen molar-refractivity contribution in [3.05, 3.63) is 51.1 Å². The van der Waals surface area contributed by atoms with Gasteiger partial charge < -0.3 is 10.7 Å². The van der Waals surface area contributed by atoms with Crippen LogP contribution in [0.25, 0.3) is 11.1 Å². The van der Waals surface area contributed by atoms with Crippen molar-refractivity contribution < 1.29 is 4.39 Å². The first-order chi connectivity index (χ1) is 12.5. The Hall–Kier alpha value is -2.81. The predicted molar refractivity (Wildman–Crippen MR) is 98.9 cm³/mol. The number of aromatic nitrogens is 1. The number of H-pyrrole nitrogens is 1. The minimum absolute atomic E-state index is 0.0169. The molecule has 0 radical (unpaired) electrons. The second kappa shape index (κ2) is 7.61. The average Bonchev–Trinajstić information content (AvgIpc) is 2.62. The minimum Gasteiger partial charge on any atom is -0.384 e. The molecule has 0 saturated carbocycles. The van der Waals surface area contributed by atoms with E-state index >= 15 is 0 Å². The van der Waals surface area contributed by atoms with E-state index in [1.54, 1.807) is 0 Å². The molecule has 1 fully saturated rings. The fraction of sp³-hybridized carbons (Fsp3) is 0.278. The van der Waals surface area contributed by atoms with Crippen molar-refractivity contribution in [3.8, 4) is 23.3 Å². The van der Waals surface area contributed by atoms with Crippen molar-refractivity contribution in [2.24, 2.45) is 0 Å². The van der Waals surface area contributed by atoms with Crippen molar-refractivity contribution in [2.45, 2.75) is 6.54 Å². The van der Waals surface area contributed by atoms with Gasteiger partial charge in [0.15, 0.2) is 0 Å². The van der Waals surface area contributed by atoms with Gasteiger partial charge in [0.2, 0.25) is 0 Å². The molecule has 2 heterocycles. The molecular formula is C18H16FN5OS. The Kier molecular flexibility index (Phi) is 5.27. The van der Waals surface area contributed by atoms with Gasteiger partial charge in [0.25, 0.3) is 5.56 Å². The molecule has 3 N–H and O–H groups in total. The van der Waals surface area contributed by atoms with Gasteiger partial charge in [0, 0.05) is 36.7 Å². The van der Waals surface area contributed by atoms with E-state index in [0.29, 0.717) is 17.7 Å². The van der Waals surface area contributed by atoms with Gasteiger partial charge in [-0.05, 0) is 23.3 Å². The molecule has 26 heavy (non-hydrogen) atoms. The SMILES string of the molecule is N#Cc1c(N)[nH]c(=O)c(C#N)c1-c1ccc(F)cc1CN1CCSCC1. The summed E-state index contributed by atoms with van der Waals surface area (Å²) in [5.74, 6) is 1.48. The predicted octanol–water partition coefficient (Wildman–Crippen LogP) is 2.06. The van der Waals surface area contributed by atoms with Crippen LogP contribution < -0.4 is 11.3 Å². The summed E-state index contributed by atoms with van der Waals surface area (Å²) in [5.41, 5.74) is 6.21. The second-order valence-corrected chi connectivity index (χ2v) is 7.13. The van der Waals surface area contributed by atoms with E-state index in [4.69, 9.17) is 5.73 Å². The normalized spacial score (nSPS) is 14.6. The average molecular weight is 369 g/mol. The molecule has 0 unspecified atom stereocenters. The van der Waals surface area contributed by atoms with Gasteiger partial charge in [-0.1, -0.05) is 6.07 Å². The fourth-order valence-corrected chi connectivity index (χ4v) is 4.03. The molecule has 2 aromatic rings. The molecule has 0 aliphatic carbocycles. The van der Waals surface area contributed by atoms with Crippen LogP contribution in [0.2, 0.25) is 0 Å². The molecule has 1 aromatic carbocycles. The van der Waals surface area contributed by atoms with Crippen LogP contribution in [0.5, 0.6) is 0 Å². The standard InChI is InChI=1S/C18H16FN5OS/c19-12-1-2-13(11(7-12)10-24-3-5-26-6-4-24)16-14(8-20)17(22)23-18(25)15(16)9-21/h1-2,7H,3-6,10H2,(H3,22,23,25). The molecule has 0 spiro atoms. The highest BCUT2D eigenvalue weighted by molar-refractivity contribution is 7.99. The zero-order chi connectivity index (χ0) is 18.7. The van der Waals surface area contributed by atoms with Crippen molar-refractivity contribution >= 4 is 17.6 Å². The zero-order valence-corrected chi connectivity index (χ0v) is 14.7. The largest absolute Gasteiger partial charge is 0.384 e. The summed E-state index contributed by atoms with van der Waals surface area (Å²) in [4.78, 5) is 16.7. The maximum Gasteiger partial charge on any atom is 0.268 e. The first kappa shape index (κ1) is 18.0. The van der Waals surface area contributed by atoms with Gasteiger partial charge in [0.1, 0.15) is 34.9 Å². The Morgan fingerprint density at radius 2 is 1.92 bits per heavy atom. The number of nitrogen functional groups attached to an aromatic ring is 1. The van der Waals surface area contributed by atoms with Gasteiger partial charge in [0.05, 0.1) is 0 Å². The highest BCUT2D eigenvalue weighted by Gasteiger charge is 2.22. The van der Waals surface area contributed by atoms with E-state index in [-0.39, 0.29) is 22.5 Å². The lowest BCUT2D eigenvalue weighted by Gasteiger charge is -2.27. The summed E-state index contributed by atoms with van der Waals surface area (Å²) < 4.78 is 13.9. The second-order valence-electron chi connectivity index (χ2n) is 5.91. The number of thioether (sulfide) groups is 1. The van der Waals surface area contributed by atoms with Crippen LogP contribution in [0.1, 0.15) is 16.7 Å². The molecule has 6 nitrogen and oxygen atoms in total. The van der Waals surface area contributed by atoms with Crippen LogP contribution in [0.3, 0.4) is 0 Å².